The van der Waals surface area contributed by atoms with Crippen molar-refractivity contribution in [2.45, 2.75) is 32.6 Å². The fourth-order valence-corrected chi connectivity index (χ4v) is 3.20. The number of aromatic nitrogens is 2. The second-order valence-corrected chi connectivity index (χ2v) is 6.18. The minimum atomic E-state index is 0.190. The average molecular weight is 300 g/mol. The molecule has 0 radical (unpaired) electrons. The normalized spacial score (nSPS) is 22.5. The molecule has 0 N–H and O–H groups in total. The summed E-state index contributed by atoms with van der Waals surface area (Å²) in [4.78, 5) is 16.9. The number of hydrogen-bond donors (Lipinski definition) is 0. The van der Waals surface area contributed by atoms with Crippen molar-refractivity contribution < 1.29 is 4.79 Å². The van der Waals surface area contributed by atoms with Crippen molar-refractivity contribution in [3.05, 3.63) is 30.0 Å². The number of carbonyl (C=O) groups is 1. The molecule has 1 aromatic heterocycles. The summed E-state index contributed by atoms with van der Waals surface area (Å²) >= 11 is 0. The molecule has 5 heteroatoms. The number of nitrogens with zero attached hydrogens (tertiary/aromatic N) is 4. The van der Waals surface area contributed by atoms with Crippen molar-refractivity contribution >= 4 is 11.7 Å². The van der Waals surface area contributed by atoms with Gasteiger partial charge in [0.25, 0.3) is 0 Å². The summed E-state index contributed by atoms with van der Waals surface area (Å²) in [5.41, 5.74) is 0.931. The molecule has 3 rings (SSSR count). The zero-order chi connectivity index (χ0) is 15.4. The average Bonchev–Trinajstić information content (AvgIpc) is 2.82. The van der Waals surface area contributed by atoms with Crippen LogP contribution >= 0.6 is 0 Å². The first-order valence-electron chi connectivity index (χ1n) is 8.23. The quantitative estimate of drug-likeness (QED) is 0.786. The van der Waals surface area contributed by atoms with Gasteiger partial charge in [0.15, 0.2) is 5.82 Å². The zero-order valence-corrected chi connectivity index (χ0v) is 13.2. The molecule has 118 valence electrons. The Morgan fingerprint density at radius 2 is 2.05 bits per heavy atom. The largest absolute Gasteiger partial charge is 0.353 e. The fourth-order valence-electron chi connectivity index (χ4n) is 3.20. The molecule has 1 aromatic rings. The highest BCUT2D eigenvalue weighted by molar-refractivity contribution is 5.79. The second-order valence-electron chi connectivity index (χ2n) is 6.18. The van der Waals surface area contributed by atoms with E-state index in [2.05, 4.69) is 27.2 Å². The third-order valence-corrected chi connectivity index (χ3v) is 4.53. The molecule has 0 aromatic carbocycles. The van der Waals surface area contributed by atoms with E-state index < -0.39 is 0 Å². The van der Waals surface area contributed by atoms with E-state index in [4.69, 9.17) is 0 Å². The van der Waals surface area contributed by atoms with Crippen molar-refractivity contribution in [3.63, 3.8) is 0 Å². The molecule has 2 aliphatic rings. The number of rotatable bonds is 2. The van der Waals surface area contributed by atoms with Gasteiger partial charge < -0.3 is 9.80 Å². The Hall–Kier alpha value is -1.91. The molecule has 2 heterocycles. The van der Waals surface area contributed by atoms with Crippen LogP contribution in [0.3, 0.4) is 0 Å². The SMILES string of the molecule is Cc1ccc(N2CCCN(C(=O)C3CC=CCC3)CC2)nn1. The first kappa shape index (κ1) is 15.0. The van der Waals surface area contributed by atoms with Gasteiger partial charge in [-0.3, -0.25) is 4.79 Å². The standard InChI is InChI=1S/C17H24N4O/c1-14-8-9-16(19-18-14)20-10-5-11-21(13-12-20)17(22)15-6-3-2-4-7-15/h2-3,8-9,15H,4-7,10-13H2,1H3. The summed E-state index contributed by atoms with van der Waals surface area (Å²) in [7, 11) is 0. The number of carbonyl (C=O) groups excluding carboxylic acids is 1. The highest BCUT2D eigenvalue weighted by Gasteiger charge is 2.26. The number of aryl methyl sites for hydroxylation is 1. The van der Waals surface area contributed by atoms with Crippen molar-refractivity contribution in [1.82, 2.24) is 15.1 Å². The van der Waals surface area contributed by atoms with Crippen molar-refractivity contribution in [2.75, 3.05) is 31.1 Å². The molecule has 5 nitrogen and oxygen atoms in total. The Kier molecular flexibility index (Phi) is 4.71. The Bertz CT molecular complexity index is 540. The van der Waals surface area contributed by atoms with Gasteiger partial charge in [-0.15, -0.1) is 5.10 Å². The minimum Gasteiger partial charge on any atom is -0.353 e. The first-order chi connectivity index (χ1) is 10.7. The van der Waals surface area contributed by atoms with E-state index in [0.717, 1.165) is 63.4 Å². The van der Waals surface area contributed by atoms with Crippen LogP contribution in [0.15, 0.2) is 24.3 Å². The van der Waals surface area contributed by atoms with E-state index in [-0.39, 0.29) is 5.92 Å². The van der Waals surface area contributed by atoms with E-state index in [1.54, 1.807) is 0 Å². The zero-order valence-electron chi connectivity index (χ0n) is 13.2. The molecule has 1 aliphatic heterocycles. The van der Waals surface area contributed by atoms with Gasteiger partial charge in [0, 0.05) is 32.1 Å². The van der Waals surface area contributed by atoms with E-state index >= 15 is 0 Å². The summed E-state index contributed by atoms with van der Waals surface area (Å²) < 4.78 is 0. The predicted octanol–water partition coefficient (Wildman–Crippen LogP) is 2.18. The molecule has 1 fully saturated rings. The van der Waals surface area contributed by atoms with Crippen LogP contribution in [0.4, 0.5) is 5.82 Å². The number of amides is 1. The lowest BCUT2D eigenvalue weighted by atomic mass is 9.93. The van der Waals surface area contributed by atoms with Gasteiger partial charge in [-0.05, 0) is 44.7 Å². The first-order valence-corrected chi connectivity index (χ1v) is 8.23. The third kappa shape index (κ3) is 3.46. The van der Waals surface area contributed by atoms with Gasteiger partial charge in [0.1, 0.15) is 0 Å². The monoisotopic (exact) mass is 300 g/mol. The molecule has 1 atom stereocenters. The maximum Gasteiger partial charge on any atom is 0.226 e. The summed E-state index contributed by atoms with van der Waals surface area (Å²) in [6.07, 6.45) is 8.27. The smallest absolute Gasteiger partial charge is 0.226 e. The van der Waals surface area contributed by atoms with Crippen molar-refractivity contribution in [1.29, 1.82) is 0 Å². The van der Waals surface area contributed by atoms with Gasteiger partial charge in [-0.1, -0.05) is 12.2 Å². The van der Waals surface area contributed by atoms with Gasteiger partial charge >= 0.3 is 0 Å². The van der Waals surface area contributed by atoms with Crippen molar-refractivity contribution in [3.8, 4) is 0 Å². The lowest BCUT2D eigenvalue weighted by molar-refractivity contribution is -0.135. The molecule has 22 heavy (non-hydrogen) atoms. The van der Waals surface area contributed by atoms with E-state index in [1.807, 2.05) is 24.0 Å². The van der Waals surface area contributed by atoms with Crippen LogP contribution in [0, 0.1) is 12.8 Å². The van der Waals surface area contributed by atoms with Crippen LogP contribution in [-0.4, -0.2) is 47.2 Å². The topological polar surface area (TPSA) is 49.3 Å². The van der Waals surface area contributed by atoms with E-state index in [1.165, 1.54) is 0 Å². The highest BCUT2D eigenvalue weighted by Crippen LogP contribution is 2.22. The molecular weight excluding hydrogens is 276 g/mol. The maximum absolute atomic E-state index is 12.6. The van der Waals surface area contributed by atoms with Crippen LogP contribution in [0.1, 0.15) is 31.4 Å². The Morgan fingerprint density at radius 3 is 2.77 bits per heavy atom. The third-order valence-electron chi connectivity index (χ3n) is 4.53. The number of hydrogen-bond acceptors (Lipinski definition) is 4. The maximum atomic E-state index is 12.6. The van der Waals surface area contributed by atoms with E-state index in [0.29, 0.717) is 5.91 Å². The van der Waals surface area contributed by atoms with Crippen LogP contribution in [0.2, 0.25) is 0 Å². The highest BCUT2D eigenvalue weighted by atomic mass is 16.2. The van der Waals surface area contributed by atoms with Crippen LogP contribution in [0.5, 0.6) is 0 Å². The summed E-state index contributed by atoms with van der Waals surface area (Å²) in [5.74, 6) is 1.44. The summed E-state index contributed by atoms with van der Waals surface area (Å²) in [5, 5.41) is 8.40. The van der Waals surface area contributed by atoms with Crippen molar-refractivity contribution in [2.24, 2.45) is 5.92 Å². The van der Waals surface area contributed by atoms with Crippen LogP contribution in [-0.2, 0) is 4.79 Å². The molecule has 0 saturated carbocycles. The van der Waals surface area contributed by atoms with Gasteiger partial charge in [-0.25, -0.2) is 0 Å². The molecule has 1 saturated heterocycles. The Labute approximate surface area is 132 Å². The van der Waals surface area contributed by atoms with Gasteiger partial charge in [0.05, 0.1) is 5.69 Å². The van der Waals surface area contributed by atoms with Gasteiger partial charge in [0.2, 0.25) is 5.91 Å². The summed E-state index contributed by atoms with van der Waals surface area (Å²) in [6.45, 7) is 5.36. The molecule has 1 aliphatic carbocycles. The molecule has 1 amide bonds. The molecular formula is C17H24N4O. The molecule has 0 bridgehead atoms. The van der Waals surface area contributed by atoms with E-state index in [9.17, 15) is 4.79 Å². The molecule has 1 unspecified atom stereocenters. The molecule has 0 spiro atoms. The Balaban J connectivity index is 1.60. The fraction of sp³-hybridized carbons (Fsp3) is 0.588. The van der Waals surface area contributed by atoms with Crippen LogP contribution in [0.25, 0.3) is 0 Å². The number of allylic oxidation sites excluding steroid dienone is 2. The van der Waals surface area contributed by atoms with Crippen LogP contribution < -0.4 is 4.90 Å². The lowest BCUT2D eigenvalue weighted by Crippen LogP contribution is -2.39. The lowest BCUT2D eigenvalue weighted by Gasteiger charge is -2.27. The summed E-state index contributed by atoms with van der Waals surface area (Å²) in [6, 6.07) is 4.01. The Morgan fingerprint density at radius 1 is 1.14 bits per heavy atom. The second kappa shape index (κ2) is 6.90. The minimum absolute atomic E-state index is 0.190. The predicted molar refractivity (Wildman–Crippen MR) is 86.7 cm³/mol. The number of anilines is 1. The van der Waals surface area contributed by atoms with Gasteiger partial charge in [-0.2, -0.15) is 5.10 Å².